The third kappa shape index (κ3) is 1.85. The summed E-state index contributed by atoms with van der Waals surface area (Å²) in [5.41, 5.74) is 4.36. The fraction of sp³-hybridized carbons (Fsp3) is 0.500. The van der Waals surface area contributed by atoms with Gasteiger partial charge in [0.1, 0.15) is 5.76 Å². The summed E-state index contributed by atoms with van der Waals surface area (Å²) in [5, 5.41) is 3.65. The molecule has 1 N–H and O–H groups in total. The summed E-state index contributed by atoms with van der Waals surface area (Å²) < 4.78 is 5.54. The molecule has 3 aliphatic rings. The van der Waals surface area contributed by atoms with Crippen LogP contribution >= 0.6 is 0 Å². The minimum atomic E-state index is 0.565. The molecule has 0 spiro atoms. The first kappa shape index (κ1) is 11.8. The number of methoxy groups -OCH3 is 1. The van der Waals surface area contributed by atoms with Gasteiger partial charge in [-0.05, 0) is 48.8 Å². The average molecular weight is 243 g/mol. The van der Waals surface area contributed by atoms with Gasteiger partial charge in [-0.2, -0.15) is 0 Å². The molecule has 0 aromatic carbocycles. The van der Waals surface area contributed by atoms with Crippen molar-refractivity contribution in [2.75, 3.05) is 13.7 Å². The van der Waals surface area contributed by atoms with E-state index in [2.05, 4.69) is 24.0 Å². The molecule has 0 fully saturated rings. The molecule has 2 heteroatoms. The second-order valence-corrected chi connectivity index (χ2v) is 5.38. The van der Waals surface area contributed by atoms with E-state index in [-0.39, 0.29) is 0 Å². The van der Waals surface area contributed by atoms with Crippen molar-refractivity contribution in [3.8, 4) is 0 Å². The monoisotopic (exact) mass is 243 g/mol. The Morgan fingerprint density at radius 2 is 2.44 bits per heavy atom. The first-order valence-electron chi connectivity index (χ1n) is 6.87. The van der Waals surface area contributed by atoms with Gasteiger partial charge in [0.25, 0.3) is 0 Å². The van der Waals surface area contributed by atoms with Crippen LogP contribution in [0.15, 0.2) is 47.3 Å². The average Bonchev–Trinajstić information content (AvgIpc) is 2.64. The molecule has 1 aliphatic heterocycles. The maximum atomic E-state index is 5.54. The Morgan fingerprint density at radius 1 is 1.56 bits per heavy atom. The Labute approximate surface area is 109 Å². The molecule has 0 aromatic heterocycles. The zero-order chi connectivity index (χ0) is 12.5. The molecule has 0 saturated heterocycles. The van der Waals surface area contributed by atoms with E-state index < -0.39 is 0 Å². The molecule has 1 heterocycles. The van der Waals surface area contributed by atoms with Crippen LogP contribution in [0.4, 0.5) is 0 Å². The van der Waals surface area contributed by atoms with Crippen molar-refractivity contribution in [2.45, 2.75) is 31.7 Å². The Hall–Kier alpha value is -1.28. The van der Waals surface area contributed by atoms with E-state index in [9.17, 15) is 0 Å². The van der Waals surface area contributed by atoms with Gasteiger partial charge in [0.15, 0.2) is 0 Å². The molecule has 0 saturated carbocycles. The van der Waals surface area contributed by atoms with Gasteiger partial charge >= 0.3 is 0 Å². The highest BCUT2D eigenvalue weighted by Crippen LogP contribution is 2.44. The Bertz CT molecular complexity index is 456. The van der Waals surface area contributed by atoms with E-state index in [1.165, 1.54) is 30.4 Å². The number of hydrogen-bond donors (Lipinski definition) is 1. The quantitative estimate of drug-likeness (QED) is 0.769. The molecule has 2 unspecified atom stereocenters. The molecular formula is C16H21NO. The predicted molar refractivity (Wildman–Crippen MR) is 74.1 cm³/mol. The van der Waals surface area contributed by atoms with Gasteiger partial charge in [-0.15, -0.1) is 6.58 Å². The van der Waals surface area contributed by atoms with Gasteiger partial charge in [-0.25, -0.2) is 0 Å². The molecule has 2 atom stereocenters. The number of ether oxygens (including phenoxy) is 1. The van der Waals surface area contributed by atoms with Crippen LogP contribution in [0.25, 0.3) is 0 Å². The van der Waals surface area contributed by atoms with Crippen LogP contribution in [0.3, 0.4) is 0 Å². The fourth-order valence-electron chi connectivity index (χ4n) is 3.50. The maximum Gasteiger partial charge on any atom is 0.124 e. The van der Waals surface area contributed by atoms with Crippen LogP contribution < -0.4 is 5.32 Å². The highest BCUT2D eigenvalue weighted by atomic mass is 16.5. The van der Waals surface area contributed by atoms with Crippen LogP contribution in [-0.4, -0.2) is 19.7 Å². The van der Waals surface area contributed by atoms with Crippen molar-refractivity contribution in [1.82, 2.24) is 5.32 Å². The third-order valence-corrected chi connectivity index (χ3v) is 4.32. The van der Waals surface area contributed by atoms with Gasteiger partial charge < -0.3 is 10.1 Å². The van der Waals surface area contributed by atoms with Crippen LogP contribution in [0.1, 0.15) is 25.7 Å². The van der Waals surface area contributed by atoms with Crippen LogP contribution in [-0.2, 0) is 4.74 Å². The normalized spacial score (nSPS) is 30.3. The number of rotatable bonds is 3. The minimum Gasteiger partial charge on any atom is -0.496 e. The van der Waals surface area contributed by atoms with E-state index in [0.29, 0.717) is 12.0 Å². The largest absolute Gasteiger partial charge is 0.496 e. The Balaban J connectivity index is 1.93. The van der Waals surface area contributed by atoms with Crippen molar-refractivity contribution in [3.63, 3.8) is 0 Å². The molecule has 96 valence electrons. The second-order valence-electron chi connectivity index (χ2n) is 5.38. The summed E-state index contributed by atoms with van der Waals surface area (Å²) in [6, 6.07) is 0.565. The summed E-state index contributed by atoms with van der Waals surface area (Å²) in [4.78, 5) is 0. The zero-order valence-corrected chi connectivity index (χ0v) is 11.0. The minimum absolute atomic E-state index is 0.565. The number of allylic oxidation sites excluding steroid dienone is 4. The molecule has 3 rings (SSSR count). The van der Waals surface area contributed by atoms with Gasteiger partial charge in [-0.3, -0.25) is 0 Å². The van der Waals surface area contributed by atoms with Crippen LogP contribution in [0.5, 0.6) is 0 Å². The van der Waals surface area contributed by atoms with E-state index in [1.54, 1.807) is 12.7 Å². The van der Waals surface area contributed by atoms with Gasteiger partial charge in [0, 0.05) is 18.2 Å². The standard InChI is InChI=1S/C16H21NO/c1-3-5-13-8-11-6-4-7-12-9-15(18-2)14(10-17-13)16(11)12/h3,7,9,11,13,17H,1,4-6,8,10H2,2H3. The smallest absolute Gasteiger partial charge is 0.124 e. The van der Waals surface area contributed by atoms with Crippen molar-refractivity contribution < 1.29 is 4.74 Å². The molecule has 2 nitrogen and oxygen atoms in total. The van der Waals surface area contributed by atoms with Crippen molar-refractivity contribution in [2.24, 2.45) is 5.92 Å². The Kier molecular flexibility index (Phi) is 3.13. The zero-order valence-electron chi connectivity index (χ0n) is 11.0. The summed E-state index contributed by atoms with van der Waals surface area (Å²) in [5.74, 6) is 1.76. The van der Waals surface area contributed by atoms with Crippen molar-refractivity contribution >= 4 is 0 Å². The second kappa shape index (κ2) is 4.77. The first-order chi connectivity index (χ1) is 8.83. The SMILES string of the molecule is C=CCC1CC2CCC=C3C=C(OC)C(=C32)CN1. The van der Waals surface area contributed by atoms with E-state index >= 15 is 0 Å². The summed E-state index contributed by atoms with van der Waals surface area (Å²) in [6.07, 6.45) is 11.4. The molecule has 0 aromatic rings. The Morgan fingerprint density at radius 3 is 3.22 bits per heavy atom. The molecular weight excluding hydrogens is 222 g/mol. The lowest BCUT2D eigenvalue weighted by Crippen LogP contribution is -2.30. The summed E-state index contributed by atoms with van der Waals surface area (Å²) in [7, 11) is 1.78. The first-order valence-corrected chi connectivity index (χ1v) is 6.87. The maximum absolute atomic E-state index is 5.54. The van der Waals surface area contributed by atoms with Crippen molar-refractivity contribution in [3.05, 3.63) is 47.3 Å². The summed E-state index contributed by atoms with van der Waals surface area (Å²) in [6.45, 7) is 4.80. The summed E-state index contributed by atoms with van der Waals surface area (Å²) >= 11 is 0. The van der Waals surface area contributed by atoms with Crippen LogP contribution in [0, 0.1) is 5.92 Å². The lowest BCUT2D eigenvalue weighted by Gasteiger charge is -2.25. The predicted octanol–water partition coefficient (Wildman–Crippen LogP) is 3.10. The van der Waals surface area contributed by atoms with Crippen molar-refractivity contribution in [1.29, 1.82) is 0 Å². The van der Waals surface area contributed by atoms with E-state index in [0.717, 1.165) is 18.7 Å². The highest BCUT2D eigenvalue weighted by molar-refractivity contribution is 5.59. The molecule has 0 radical (unpaired) electrons. The highest BCUT2D eigenvalue weighted by Gasteiger charge is 2.34. The molecule has 2 aliphatic carbocycles. The van der Waals surface area contributed by atoms with Gasteiger partial charge in [0.05, 0.1) is 7.11 Å². The lowest BCUT2D eigenvalue weighted by molar-refractivity contribution is 0.299. The topological polar surface area (TPSA) is 21.3 Å². The van der Waals surface area contributed by atoms with Gasteiger partial charge in [-0.1, -0.05) is 12.2 Å². The number of hydrogen-bond acceptors (Lipinski definition) is 2. The lowest BCUT2D eigenvalue weighted by atomic mass is 9.80. The third-order valence-electron chi connectivity index (χ3n) is 4.32. The van der Waals surface area contributed by atoms with E-state index in [4.69, 9.17) is 4.74 Å². The molecule has 0 bridgehead atoms. The number of nitrogens with one attached hydrogen (secondary N) is 1. The van der Waals surface area contributed by atoms with E-state index in [1.807, 2.05) is 6.08 Å². The van der Waals surface area contributed by atoms with Crippen LogP contribution in [0.2, 0.25) is 0 Å². The molecule has 18 heavy (non-hydrogen) atoms. The van der Waals surface area contributed by atoms with Gasteiger partial charge in [0.2, 0.25) is 0 Å². The molecule has 0 amide bonds. The fourth-order valence-corrected chi connectivity index (χ4v) is 3.50.